The average molecular weight is 903 g/mol. The monoisotopic (exact) mass is 902 g/mol. The minimum absolute atomic E-state index is 0.00602. The maximum atomic E-state index is 14.0. The molecule has 7 aliphatic rings. The number of allylic oxidation sites excluding steroid dienone is 1. The van der Waals surface area contributed by atoms with Crippen molar-refractivity contribution in [1.29, 1.82) is 0 Å². The van der Waals surface area contributed by atoms with Crippen molar-refractivity contribution in [3.63, 3.8) is 0 Å². The Morgan fingerprint density at radius 2 is 1.38 bits per heavy atom. The average Bonchev–Trinajstić information content (AvgIpc) is 3.54. The van der Waals surface area contributed by atoms with E-state index in [4.69, 9.17) is 28.4 Å². The molecular formula is C44H70O19. The molecule has 24 atom stereocenters. The molecule has 3 heterocycles. The first-order chi connectivity index (χ1) is 29.7. The summed E-state index contributed by atoms with van der Waals surface area (Å²) < 4.78 is 34.4. The van der Waals surface area contributed by atoms with Gasteiger partial charge in [0.1, 0.15) is 78.7 Å². The number of fused-ring (bicyclic) bond motifs is 5. The minimum atomic E-state index is -1.91. The third kappa shape index (κ3) is 9.23. The van der Waals surface area contributed by atoms with Gasteiger partial charge in [0.25, 0.3) is 0 Å². The van der Waals surface area contributed by atoms with Crippen LogP contribution in [0.15, 0.2) is 11.6 Å². The van der Waals surface area contributed by atoms with Crippen LogP contribution in [-0.4, -0.2) is 186 Å². The molecule has 7 rings (SSSR count). The van der Waals surface area contributed by atoms with E-state index >= 15 is 0 Å². The van der Waals surface area contributed by atoms with Crippen molar-refractivity contribution in [2.75, 3.05) is 19.8 Å². The van der Waals surface area contributed by atoms with Crippen LogP contribution in [0.3, 0.4) is 0 Å². The van der Waals surface area contributed by atoms with Crippen LogP contribution >= 0.6 is 0 Å². The summed E-state index contributed by atoms with van der Waals surface area (Å²) in [5.74, 6) is -0.258. The minimum Gasteiger partial charge on any atom is -0.394 e. The highest BCUT2D eigenvalue weighted by Gasteiger charge is 2.63. The Bertz CT molecular complexity index is 1630. The van der Waals surface area contributed by atoms with Crippen LogP contribution in [0.5, 0.6) is 0 Å². The third-order valence-electron chi connectivity index (χ3n) is 16.2. The molecule has 0 aromatic carbocycles. The second kappa shape index (κ2) is 19.6. The van der Waals surface area contributed by atoms with Crippen LogP contribution in [-0.2, 0) is 38.0 Å². The van der Waals surface area contributed by atoms with E-state index < -0.39 is 123 Å². The fraction of sp³-hybridized carbons (Fsp3) is 0.909. The number of hydrogen-bond acceptors (Lipinski definition) is 19. The molecule has 6 fully saturated rings. The Morgan fingerprint density at radius 1 is 0.746 bits per heavy atom. The quantitative estimate of drug-likeness (QED) is 0.0853. The van der Waals surface area contributed by atoms with E-state index in [1.54, 1.807) is 0 Å². The van der Waals surface area contributed by atoms with Gasteiger partial charge < -0.3 is 84.6 Å². The van der Waals surface area contributed by atoms with Crippen molar-refractivity contribution in [2.45, 2.75) is 184 Å². The van der Waals surface area contributed by atoms with Crippen LogP contribution in [0.2, 0.25) is 0 Å². The van der Waals surface area contributed by atoms with Crippen molar-refractivity contribution in [2.24, 2.45) is 46.3 Å². The van der Waals surface area contributed by atoms with Crippen molar-refractivity contribution >= 4 is 11.6 Å². The van der Waals surface area contributed by atoms with Crippen LogP contribution in [0.25, 0.3) is 0 Å². The van der Waals surface area contributed by atoms with Gasteiger partial charge in [0.2, 0.25) is 0 Å². The van der Waals surface area contributed by atoms with Crippen molar-refractivity contribution < 1.29 is 94.2 Å². The fourth-order valence-corrected chi connectivity index (χ4v) is 12.4. The lowest BCUT2D eigenvalue weighted by Gasteiger charge is -2.58. The smallest absolute Gasteiger partial charge is 0.189 e. The molecule has 3 saturated heterocycles. The number of aliphatic hydroxyl groups excluding tert-OH is 11. The summed E-state index contributed by atoms with van der Waals surface area (Å²) in [6.45, 7) is 7.11. The first-order valence-corrected chi connectivity index (χ1v) is 22.7. The standard InChI is InChI=1S/C44H70O19/c1-18(17-58-40-36(55)32(51)30(49)27(15-45)60-40)5-8-25(47)19(2)29-26(48)14-24-22-7-6-20-13-21(9-11-43(20,3)23(22)10-12-44(24,29)4)59-42-38(34(53)31(50)28(16-46)61-42)62-41-37(56)33(52)35(54)39(57)63-41/h6,18-19,21-24,27-42,45-46,49-57H,5,7-17H2,1-4H3. The zero-order valence-electron chi connectivity index (χ0n) is 36.4. The van der Waals surface area contributed by atoms with E-state index in [0.717, 1.165) is 25.7 Å². The van der Waals surface area contributed by atoms with E-state index in [1.807, 2.05) is 13.8 Å². The predicted molar refractivity (Wildman–Crippen MR) is 214 cm³/mol. The highest BCUT2D eigenvalue weighted by atomic mass is 16.8. The van der Waals surface area contributed by atoms with Crippen LogP contribution in [0.1, 0.15) is 85.5 Å². The summed E-state index contributed by atoms with van der Waals surface area (Å²) >= 11 is 0. The van der Waals surface area contributed by atoms with Gasteiger partial charge in [-0.2, -0.15) is 0 Å². The highest BCUT2D eigenvalue weighted by molar-refractivity contribution is 5.92. The molecule has 11 N–H and O–H groups in total. The highest BCUT2D eigenvalue weighted by Crippen LogP contribution is 2.66. The molecule has 3 aliphatic heterocycles. The Labute approximate surface area is 366 Å². The molecule has 0 radical (unpaired) electrons. The molecule has 0 aromatic rings. The maximum Gasteiger partial charge on any atom is 0.189 e. The molecule has 63 heavy (non-hydrogen) atoms. The Hall–Kier alpha value is -1.60. The first-order valence-electron chi connectivity index (χ1n) is 22.7. The second-order valence-corrected chi connectivity index (χ2v) is 20.1. The summed E-state index contributed by atoms with van der Waals surface area (Å²) in [7, 11) is 0. The number of Topliss-reactive ketones (excluding diaryl/α,β-unsaturated/α-hetero) is 2. The van der Waals surface area contributed by atoms with E-state index in [2.05, 4.69) is 19.9 Å². The number of ketones is 2. The number of rotatable bonds is 14. The summed E-state index contributed by atoms with van der Waals surface area (Å²) in [5.41, 5.74) is 0.659. The van der Waals surface area contributed by atoms with Crippen molar-refractivity contribution in [1.82, 2.24) is 0 Å². The molecule has 0 aromatic heterocycles. The fourth-order valence-electron chi connectivity index (χ4n) is 12.4. The SMILES string of the molecule is CC(CCC(=O)C(C)C1C(=O)CC2C3CC=C4CC(OC5OC(CO)C(O)C(O)C5OC5OC(O)C(O)C(O)C5O)CCC4(C)C3CCC21C)COC1OC(CO)C(O)C(O)C1O. The lowest BCUT2D eigenvalue weighted by Crippen LogP contribution is -2.64. The molecular weight excluding hydrogens is 832 g/mol. The molecule has 360 valence electrons. The van der Waals surface area contributed by atoms with Gasteiger partial charge in [0, 0.05) is 24.7 Å². The van der Waals surface area contributed by atoms with Crippen LogP contribution in [0, 0.1) is 46.3 Å². The Kier molecular flexibility index (Phi) is 15.3. The molecule has 0 bridgehead atoms. The summed E-state index contributed by atoms with van der Waals surface area (Å²) in [4.78, 5) is 27.8. The normalized spacial score (nSPS) is 49.9. The topological polar surface area (TPSA) is 312 Å². The number of carbonyl (C=O) groups excluding carboxylic acids is 2. The van der Waals surface area contributed by atoms with E-state index in [9.17, 15) is 65.8 Å². The predicted octanol–water partition coefficient (Wildman–Crippen LogP) is -1.85. The molecule has 19 heteroatoms. The number of carbonyl (C=O) groups is 2. The van der Waals surface area contributed by atoms with Crippen molar-refractivity contribution in [3.05, 3.63) is 11.6 Å². The summed E-state index contributed by atoms with van der Waals surface area (Å²) in [6.07, 6.45) is -16.2. The lowest BCUT2D eigenvalue weighted by atomic mass is 9.47. The van der Waals surface area contributed by atoms with Gasteiger partial charge in [0.05, 0.1) is 25.9 Å². The number of hydrogen-bond donors (Lipinski definition) is 11. The van der Waals surface area contributed by atoms with E-state index in [0.29, 0.717) is 25.7 Å². The van der Waals surface area contributed by atoms with Gasteiger partial charge in [-0.15, -0.1) is 0 Å². The molecule has 0 amide bonds. The maximum absolute atomic E-state index is 14.0. The van der Waals surface area contributed by atoms with E-state index in [-0.39, 0.29) is 59.1 Å². The molecule has 3 saturated carbocycles. The van der Waals surface area contributed by atoms with Gasteiger partial charge in [-0.05, 0) is 79.4 Å². The molecule has 24 unspecified atom stereocenters. The summed E-state index contributed by atoms with van der Waals surface area (Å²) in [6, 6.07) is 0. The third-order valence-corrected chi connectivity index (χ3v) is 16.2. The summed E-state index contributed by atoms with van der Waals surface area (Å²) in [5, 5.41) is 112. The van der Waals surface area contributed by atoms with Gasteiger partial charge in [-0.3, -0.25) is 9.59 Å². The lowest BCUT2D eigenvalue weighted by molar-refractivity contribution is -0.388. The van der Waals surface area contributed by atoms with Crippen LogP contribution < -0.4 is 0 Å². The van der Waals surface area contributed by atoms with Gasteiger partial charge in [-0.1, -0.05) is 39.3 Å². The number of ether oxygens (including phenoxy) is 6. The zero-order valence-corrected chi connectivity index (χ0v) is 36.4. The largest absolute Gasteiger partial charge is 0.394 e. The Balaban J connectivity index is 0.964. The molecule has 4 aliphatic carbocycles. The zero-order chi connectivity index (χ0) is 45.9. The molecule has 19 nitrogen and oxygen atoms in total. The number of aliphatic hydroxyl groups is 11. The molecule has 0 spiro atoms. The van der Waals surface area contributed by atoms with E-state index in [1.165, 1.54) is 5.57 Å². The van der Waals surface area contributed by atoms with Crippen molar-refractivity contribution in [3.8, 4) is 0 Å². The van der Waals surface area contributed by atoms with Crippen LogP contribution in [0.4, 0.5) is 0 Å². The van der Waals surface area contributed by atoms with Gasteiger partial charge in [0.15, 0.2) is 25.2 Å². The van der Waals surface area contributed by atoms with Gasteiger partial charge >= 0.3 is 0 Å². The Morgan fingerprint density at radius 3 is 2.06 bits per heavy atom. The first kappa shape index (κ1) is 49.3. The van der Waals surface area contributed by atoms with Gasteiger partial charge in [-0.25, -0.2) is 0 Å². The second-order valence-electron chi connectivity index (χ2n) is 20.1.